The summed E-state index contributed by atoms with van der Waals surface area (Å²) in [4.78, 5) is 12.4. The molecule has 2 aliphatic rings. The first-order valence-electron chi connectivity index (χ1n) is 8.70. The van der Waals surface area contributed by atoms with E-state index >= 15 is 0 Å². The summed E-state index contributed by atoms with van der Waals surface area (Å²) < 4.78 is 10.9. The standard InChI is InChI=1S/C20H22N2O3/c1-24-15-7-9-17(10-8-15)25-16-5-2-13(3-6-16)20(23)22-19-12-14-4-11-18(19)21-14/h2-3,5-10,14,18-19,21H,4,11-12H2,1H3,(H,22,23). The second kappa shape index (κ2) is 6.76. The maximum absolute atomic E-state index is 12.4. The number of rotatable bonds is 5. The molecule has 2 aliphatic heterocycles. The van der Waals surface area contributed by atoms with E-state index < -0.39 is 0 Å². The van der Waals surface area contributed by atoms with Crippen LogP contribution in [0.2, 0.25) is 0 Å². The number of amides is 1. The van der Waals surface area contributed by atoms with Crippen LogP contribution in [-0.4, -0.2) is 31.1 Å². The second-order valence-electron chi connectivity index (χ2n) is 6.67. The third kappa shape index (κ3) is 3.46. The number of carbonyl (C=O) groups excluding carboxylic acids is 1. The summed E-state index contributed by atoms with van der Waals surface area (Å²) in [5.74, 6) is 2.19. The van der Waals surface area contributed by atoms with Gasteiger partial charge < -0.3 is 20.1 Å². The van der Waals surface area contributed by atoms with Gasteiger partial charge in [-0.1, -0.05) is 0 Å². The highest BCUT2D eigenvalue weighted by Gasteiger charge is 2.39. The zero-order chi connectivity index (χ0) is 17.2. The maximum atomic E-state index is 12.4. The number of hydrogen-bond acceptors (Lipinski definition) is 4. The molecule has 4 rings (SSSR count). The summed E-state index contributed by atoms with van der Waals surface area (Å²) in [7, 11) is 1.63. The first kappa shape index (κ1) is 16.0. The summed E-state index contributed by atoms with van der Waals surface area (Å²) in [6, 6.07) is 15.9. The van der Waals surface area contributed by atoms with Gasteiger partial charge in [-0.3, -0.25) is 4.79 Å². The molecular formula is C20H22N2O3. The highest BCUT2D eigenvalue weighted by Crippen LogP contribution is 2.28. The van der Waals surface area contributed by atoms with E-state index in [1.54, 1.807) is 19.2 Å². The van der Waals surface area contributed by atoms with Gasteiger partial charge in [0.05, 0.1) is 7.11 Å². The molecule has 3 atom stereocenters. The van der Waals surface area contributed by atoms with Crippen LogP contribution in [0.4, 0.5) is 0 Å². The molecule has 3 unspecified atom stereocenters. The van der Waals surface area contributed by atoms with Crippen molar-refractivity contribution >= 4 is 5.91 Å². The Hall–Kier alpha value is -2.53. The number of ether oxygens (including phenoxy) is 2. The van der Waals surface area contributed by atoms with Gasteiger partial charge >= 0.3 is 0 Å². The van der Waals surface area contributed by atoms with Crippen molar-refractivity contribution in [2.24, 2.45) is 0 Å². The Kier molecular flexibility index (Phi) is 4.32. The van der Waals surface area contributed by atoms with Gasteiger partial charge in [0.2, 0.25) is 0 Å². The molecule has 2 N–H and O–H groups in total. The SMILES string of the molecule is COc1ccc(Oc2ccc(C(=O)NC3CC4CCC3N4)cc2)cc1. The lowest BCUT2D eigenvalue weighted by Gasteiger charge is -2.21. The van der Waals surface area contributed by atoms with Crippen LogP contribution in [0.5, 0.6) is 17.2 Å². The van der Waals surface area contributed by atoms with E-state index in [0.29, 0.717) is 23.4 Å². The van der Waals surface area contributed by atoms with Gasteiger partial charge in [-0.15, -0.1) is 0 Å². The normalized spacial score (nSPS) is 24.1. The van der Waals surface area contributed by atoms with Gasteiger partial charge in [0.1, 0.15) is 17.2 Å². The van der Waals surface area contributed by atoms with Crippen molar-refractivity contribution in [2.75, 3.05) is 7.11 Å². The first-order valence-corrected chi connectivity index (χ1v) is 8.70. The predicted molar refractivity (Wildman–Crippen MR) is 95.3 cm³/mol. The lowest BCUT2D eigenvalue weighted by Crippen LogP contribution is -2.42. The number of fused-ring (bicyclic) bond motifs is 2. The van der Waals surface area contributed by atoms with Crippen LogP contribution in [0.3, 0.4) is 0 Å². The molecule has 2 heterocycles. The molecule has 2 saturated heterocycles. The molecule has 0 aromatic heterocycles. The molecule has 0 radical (unpaired) electrons. The van der Waals surface area contributed by atoms with Crippen LogP contribution in [0, 0.1) is 0 Å². The van der Waals surface area contributed by atoms with E-state index in [1.165, 1.54) is 6.42 Å². The van der Waals surface area contributed by atoms with Crippen LogP contribution in [0.1, 0.15) is 29.6 Å². The number of hydrogen-bond donors (Lipinski definition) is 2. The Bertz CT molecular complexity index is 743. The Labute approximate surface area is 147 Å². The molecule has 0 spiro atoms. The smallest absolute Gasteiger partial charge is 0.251 e. The second-order valence-corrected chi connectivity index (χ2v) is 6.67. The minimum Gasteiger partial charge on any atom is -0.497 e. The lowest BCUT2D eigenvalue weighted by molar-refractivity contribution is 0.0931. The Morgan fingerprint density at radius 3 is 2.20 bits per heavy atom. The molecule has 2 aromatic rings. The van der Waals surface area contributed by atoms with Crippen molar-refractivity contribution in [1.82, 2.24) is 10.6 Å². The number of benzene rings is 2. The molecular weight excluding hydrogens is 316 g/mol. The Morgan fingerprint density at radius 1 is 1.00 bits per heavy atom. The molecule has 5 heteroatoms. The van der Waals surface area contributed by atoms with Crippen molar-refractivity contribution < 1.29 is 14.3 Å². The zero-order valence-electron chi connectivity index (χ0n) is 14.2. The molecule has 130 valence electrons. The molecule has 5 nitrogen and oxygen atoms in total. The highest BCUT2D eigenvalue weighted by atomic mass is 16.5. The van der Waals surface area contributed by atoms with E-state index in [1.807, 2.05) is 36.4 Å². The van der Waals surface area contributed by atoms with Crippen LogP contribution in [0.25, 0.3) is 0 Å². The highest BCUT2D eigenvalue weighted by molar-refractivity contribution is 5.94. The molecule has 2 bridgehead atoms. The van der Waals surface area contributed by atoms with Gasteiger partial charge in [0, 0.05) is 23.7 Å². The monoisotopic (exact) mass is 338 g/mol. The zero-order valence-corrected chi connectivity index (χ0v) is 14.2. The Balaban J connectivity index is 1.36. The number of carbonyl (C=O) groups is 1. The van der Waals surface area contributed by atoms with Gasteiger partial charge in [-0.05, 0) is 67.8 Å². The summed E-state index contributed by atoms with van der Waals surface area (Å²) in [6.45, 7) is 0. The molecule has 0 saturated carbocycles. The fourth-order valence-corrected chi connectivity index (χ4v) is 3.69. The predicted octanol–water partition coefficient (Wildman–Crippen LogP) is 3.11. The quantitative estimate of drug-likeness (QED) is 0.879. The van der Waals surface area contributed by atoms with Crippen molar-refractivity contribution in [3.05, 3.63) is 54.1 Å². The van der Waals surface area contributed by atoms with Crippen molar-refractivity contribution in [1.29, 1.82) is 0 Å². The summed E-state index contributed by atoms with van der Waals surface area (Å²) in [5.41, 5.74) is 0.657. The Morgan fingerprint density at radius 2 is 1.64 bits per heavy atom. The first-order chi connectivity index (χ1) is 12.2. The van der Waals surface area contributed by atoms with Gasteiger partial charge in [0.25, 0.3) is 5.91 Å². The minimum absolute atomic E-state index is 0.0182. The van der Waals surface area contributed by atoms with E-state index in [9.17, 15) is 4.79 Å². The average Bonchev–Trinajstić information content (AvgIpc) is 3.26. The van der Waals surface area contributed by atoms with Gasteiger partial charge in [0.15, 0.2) is 0 Å². The van der Waals surface area contributed by atoms with Crippen LogP contribution < -0.4 is 20.1 Å². The van der Waals surface area contributed by atoms with Crippen LogP contribution in [0.15, 0.2) is 48.5 Å². The van der Waals surface area contributed by atoms with Crippen molar-refractivity contribution in [3.63, 3.8) is 0 Å². The van der Waals surface area contributed by atoms with Gasteiger partial charge in [-0.2, -0.15) is 0 Å². The molecule has 2 aromatic carbocycles. The maximum Gasteiger partial charge on any atom is 0.251 e. The third-order valence-corrected chi connectivity index (χ3v) is 5.03. The molecule has 25 heavy (non-hydrogen) atoms. The van der Waals surface area contributed by atoms with Crippen molar-refractivity contribution in [3.8, 4) is 17.2 Å². The van der Waals surface area contributed by atoms with Crippen LogP contribution in [-0.2, 0) is 0 Å². The average molecular weight is 338 g/mol. The van der Waals surface area contributed by atoms with Crippen LogP contribution >= 0.6 is 0 Å². The van der Waals surface area contributed by atoms with E-state index in [-0.39, 0.29) is 11.9 Å². The molecule has 0 aliphatic carbocycles. The van der Waals surface area contributed by atoms with E-state index in [2.05, 4.69) is 10.6 Å². The largest absolute Gasteiger partial charge is 0.497 e. The van der Waals surface area contributed by atoms with E-state index in [4.69, 9.17) is 9.47 Å². The summed E-state index contributed by atoms with van der Waals surface area (Å²) >= 11 is 0. The topological polar surface area (TPSA) is 59.6 Å². The number of methoxy groups -OCH3 is 1. The fraction of sp³-hybridized carbons (Fsp3) is 0.350. The van der Waals surface area contributed by atoms with Crippen molar-refractivity contribution in [2.45, 2.75) is 37.4 Å². The summed E-state index contributed by atoms with van der Waals surface area (Å²) in [6.07, 6.45) is 3.42. The summed E-state index contributed by atoms with van der Waals surface area (Å²) in [5, 5.41) is 6.69. The third-order valence-electron chi connectivity index (χ3n) is 5.03. The molecule has 2 fully saturated rings. The fourth-order valence-electron chi connectivity index (χ4n) is 3.69. The van der Waals surface area contributed by atoms with E-state index in [0.717, 1.165) is 24.3 Å². The lowest BCUT2D eigenvalue weighted by atomic mass is 9.95. The molecule has 1 amide bonds. The van der Waals surface area contributed by atoms with Gasteiger partial charge in [-0.25, -0.2) is 0 Å². The minimum atomic E-state index is -0.0182. The number of nitrogens with one attached hydrogen (secondary N) is 2.